The van der Waals surface area contributed by atoms with E-state index in [1.54, 1.807) is 0 Å². The highest BCUT2D eigenvalue weighted by Gasteiger charge is 2.32. The van der Waals surface area contributed by atoms with E-state index in [1.807, 2.05) is 0 Å². The minimum atomic E-state index is -4.41. The van der Waals surface area contributed by atoms with E-state index in [4.69, 9.17) is 5.73 Å². The summed E-state index contributed by atoms with van der Waals surface area (Å²) in [4.78, 5) is 11.1. The Balaban J connectivity index is 2.96. The van der Waals surface area contributed by atoms with Gasteiger partial charge in [-0.25, -0.2) is 0 Å². The number of ether oxygens (including phenoxy) is 1. The maximum Gasteiger partial charge on any atom is 0.416 e. The summed E-state index contributed by atoms with van der Waals surface area (Å²) < 4.78 is 42.4. The van der Waals surface area contributed by atoms with Crippen LogP contribution in [0.4, 0.5) is 13.2 Å². The third-order valence-electron chi connectivity index (χ3n) is 2.57. The number of hydrogen-bond donors (Lipinski definition) is 1. The molecule has 6 heteroatoms. The summed E-state index contributed by atoms with van der Waals surface area (Å²) in [6, 6.07) is 2.94. The molecule has 1 unspecified atom stereocenters. The number of carbonyl (C=O) groups is 1. The molecule has 18 heavy (non-hydrogen) atoms. The number of halogens is 3. The lowest BCUT2D eigenvalue weighted by molar-refractivity contribution is -0.142. The maximum atomic E-state index is 12.7. The highest BCUT2D eigenvalue weighted by atomic mass is 19.4. The van der Waals surface area contributed by atoms with E-state index in [0.29, 0.717) is 5.56 Å². The second-order valence-corrected chi connectivity index (χ2v) is 3.98. The van der Waals surface area contributed by atoms with Gasteiger partial charge in [-0.05, 0) is 30.5 Å². The number of benzene rings is 1. The molecule has 0 bridgehead atoms. The average Bonchev–Trinajstić information content (AvgIpc) is 2.29. The largest absolute Gasteiger partial charge is 0.468 e. The van der Waals surface area contributed by atoms with Crippen LogP contribution in [0.5, 0.6) is 0 Å². The Morgan fingerprint density at radius 3 is 2.56 bits per heavy atom. The van der Waals surface area contributed by atoms with Crippen LogP contribution in [-0.4, -0.2) is 19.1 Å². The molecular weight excluding hydrogens is 247 g/mol. The number of carbonyl (C=O) groups excluding carboxylic acids is 1. The lowest BCUT2D eigenvalue weighted by Gasteiger charge is -2.14. The number of esters is 1. The highest BCUT2D eigenvalue weighted by molar-refractivity contribution is 5.75. The Bertz CT molecular complexity index is 443. The molecule has 1 aromatic carbocycles. The Morgan fingerprint density at radius 2 is 2.06 bits per heavy atom. The average molecular weight is 261 g/mol. The van der Waals surface area contributed by atoms with Gasteiger partial charge >= 0.3 is 12.1 Å². The second kappa shape index (κ2) is 5.39. The van der Waals surface area contributed by atoms with Gasteiger partial charge in [-0.15, -0.1) is 0 Å². The molecule has 0 aliphatic carbocycles. The summed E-state index contributed by atoms with van der Waals surface area (Å²) in [6.45, 7) is 1.38. The number of aryl methyl sites for hydroxylation is 1. The third-order valence-corrected chi connectivity index (χ3v) is 2.57. The van der Waals surface area contributed by atoms with Crippen molar-refractivity contribution in [1.29, 1.82) is 0 Å². The minimum Gasteiger partial charge on any atom is -0.468 e. The normalized spacial score (nSPS) is 13.2. The number of hydrogen-bond acceptors (Lipinski definition) is 3. The van der Waals surface area contributed by atoms with Crippen LogP contribution in [0.3, 0.4) is 0 Å². The molecule has 0 heterocycles. The van der Waals surface area contributed by atoms with E-state index in [9.17, 15) is 18.0 Å². The minimum absolute atomic E-state index is 0.00995. The highest BCUT2D eigenvalue weighted by Crippen LogP contribution is 2.32. The molecule has 0 saturated carbocycles. The molecule has 100 valence electrons. The summed E-state index contributed by atoms with van der Waals surface area (Å²) in [5, 5.41) is 0. The van der Waals surface area contributed by atoms with Crippen molar-refractivity contribution in [3.63, 3.8) is 0 Å². The van der Waals surface area contributed by atoms with Gasteiger partial charge in [-0.1, -0.05) is 12.1 Å². The van der Waals surface area contributed by atoms with Crippen LogP contribution >= 0.6 is 0 Å². The standard InChI is InChI=1S/C12H14F3NO2/c1-7-3-4-8(5-9(7)12(13,14)15)6-10(16)11(17)18-2/h3-5,10H,6,16H2,1-2H3. The van der Waals surface area contributed by atoms with Gasteiger partial charge in [0.15, 0.2) is 0 Å². The van der Waals surface area contributed by atoms with Crippen LogP contribution in [0, 0.1) is 6.92 Å². The molecule has 0 saturated heterocycles. The molecular formula is C12H14F3NO2. The second-order valence-electron chi connectivity index (χ2n) is 3.98. The number of rotatable bonds is 3. The van der Waals surface area contributed by atoms with Gasteiger partial charge in [0, 0.05) is 0 Å². The molecule has 1 atom stereocenters. The molecule has 2 N–H and O–H groups in total. The van der Waals surface area contributed by atoms with Crippen molar-refractivity contribution in [3.05, 3.63) is 34.9 Å². The molecule has 0 spiro atoms. The Kier molecular flexibility index (Phi) is 4.34. The summed E-state index contributed by atoms with van der Waals surface area (Å²) >= 11 is 0. The van der Waals surface area contributed by atoms with E-state index < -0.39 is 23.8 Å². The molecule has 3 nitrogen and oxygen atoms in total. The molecule has 0 fully saturated rings. The van der Waals surface area contributed by atoms with Gasteiger partial charge in [0.2, 0.25) is 0 Å². The van der Waals surface area contributed by atoms with E-state index in [0.717, 1.165) is 6.07 Å². The fourth-order valence-electron chi connectivity index (χ4n) is 1.59. The molecule has 0 amide bonds. The summed E-state index contributed by atoms with van der Waals surface area (Å²) in [6.07, 6.45) is -4.40. The van der Waals surface area contributed by atoms with E-state index in [-0.39, 0.29) is 12.0 Å². The number of methoxy groups -OCH3 is 1. The van der Waals surface area contributed by atoms with Crippen molar-refractivity contribution in [3.8, 4) is 0 Å². The van der Waals surface area contributed by atoms with E-state index in [2.05, 4.69) is 4.74 Å². The van der Waals surface area contributed by atoms with Gasteiger partial charge in [0.05, 0.1) is 12.7 Å². The zero-order valence-corrected chi connectivity index (χ0v) is 10.0. The summed E-state index contributed by atoms with van der Waals surface area (Å²) in [7, 11) is 1.18. The van der Waals surface area contributed by atoms with Gasteiger partial charge in [-0.2, -0.15) is 13.2 Å². The fourth-order valence-corrected chi connectivity index (χ4v) is 1.59. The Morgan fingerprint density at radius 1 is 1.44 bits per heavy atom. The van der Waals surface area contributed by atoms with Crippen molar-refractivity contribution in [2.45, 2.75) is 25.6 Å². The zero-order chi connectivity index (χ0) is 13.9. The maximum absolute atomic E-state index is 12.7. The van der Waals surface area contributed by atoms with Gasteiger partial charge < -0.3 is 10.5 Å². The van der Waals surface area contributed by atoms with Gasteiger partial charge in [0.1, 0.15) is 6.04 Å². The van der Waals surface area contributed by atoms with Crippen molar-refractivity contribution in [2.75, 3.05) is 7.11 Å². The predicted octanol–water partition coefficient (Wildman–Crippen LogP) is 2.06. The molecule has 0 radical (unpaired) electrons. The fraction of sp³-hybridized carbons (Fsp3) is 0.417. The van der Waals surface area contributed by atoms with Crippen LogP contribution in [-0.2, 0) is 22.1 Å². The monoisotopic (exact) mass is 261 g/mol. The number of nitrogens with two attached hydrogens (primary N) is 1. The van der Waals surface area contributed by atoms with E-state index in [1.165, 1.54) is 26.2 Å². The molecule has 0 aliphatic rings. The van der Waals surface area contributed by atoms with Crippen LogP contribution < -0.4 is 5.73 Å². The van der Waals surface area contributed by atoms with Crippen LogP contribution in [0.25, 0.3) is 0 Å². The molecule has 1 aromatic rings. The van der Waals surface area contributed by atoms with E-state index >= 15 is 0 Å². The molecule has 0 aliphatic heterocycles. The Hall–Kier alpha value is -1.56. The number of alkyl halides is 3. The van der Waals surface area contributed by atoms with Crippen LogP contribution in [0.2, 0.25) is 0 Å². The van der Waals surface area contributed by atoms with Crippen LogP contribution in [0.15, 0.2) is 18.2 Å². The predicted molar refractivity (Wildman–Crippen MR) is 59.9 cm³/mol. The van der Waals surface area contributed by atoms with Crippen molar-refractivity contribution >= 4 is 5.97 Å². The Labute approximate surface area is 103 Å². The van der Waals surface area contributed by atoms with Crippen molar-refractivity contribution in [1.82, 2.24) is 0 Å². The first-order chi connectivity index (χ1) is 8.25. The molecule has 1 rings (SSSR count). The quantitative estimate of drug-likeness (QED) is 0.847. The summed E-state index contributed by atoms with van der Waals surface area (Å²) in [5.41, 5.74) is 5.28. The smallest absolute Gasteiger partial charge is 0.416 e. The van der Waals surface area contributed by atoms with Crippen molar-refractivity contribution < 1.29 is 22.7 Å². The summed E-state index contributed by atoms with van der Waals surface area (Å²) in [5.74, 6) is -0.649. The lowest BCUT2D eigenvalue weighted by Crippen LogP contribution is -2.33. The van der Waals surface area contributed by atoms with Crippen LogP contribution in [0.1, 0.15) is 16.7 Å². The first-order valence-electron chi connectivity index (χ1n) is 5.26. The van der Waals surface area contributed by atoms with Gasteiger partial charge in [-0.3, -0.25) is 4.79 Å². The SMILES string of the molecule is COC(=O)C(N)Cc1ccc(C)c(C(F)(F)F)c1. The first-order valence-corrected chi connectivity index (χ1v) is 5.26. The zero-order valence-electron chi connectivity index (χ0n) is 10.0. The lowest BCUT2D eigenvalue weighted by atomic mass is 10.00. The van der Waals surface area contributed by atoms with Gasteiger partial charge in [0.25, 0.3) is 0 Å². The topological polar surface area (TPSA) is 52.3 Å². The first kappa shape index (κ1) is 14.5. The third kappa shape index (κ3) is 3.46. The molecule has 0 aromatic heterocycles. The van der Waals surface area contributed by atoms with Crippen molar-refractivity contribution in [2.24, 2.45) is 5.73 Å².